The molecule has 3 aromatic rings. The molecule has 1 heterocycles. The molecule has 1 N–H and O–H groups in total. The zero-order chi connectivity index (χ0) is 22.5. The number of rotatable bonds is 7. The molecule has 0 aliphatic heterocycles. The molecule has 0 fully saturated rings. The normalized spacial score (nSPS) is 10.9. The minimum Gasteiger partial charge on any atom is -0.333 e. The topological polar surface area (TPSA) is 67.2 Å². The van der Waals surface area contributed by atoms with E-state index in [1.54, 1.807) is 17.0 Å². The quantitative estimate of drug-likeness (QED) is 0.567. The second kappa shape index (κ2) is 9.79. The Bertz CT molecular complexity index is 1060. The molecule has 7 heteroatoms. The molecule has 0 radical (unpaired) electrons. The summed E-state index contributed by atoms with van der Waals surface area (Å²) in [5, 5.41) is 3.52. The third-order valence-electron chi connectivity index (χ3n) is 4.93. The summed E-state index contributed by atoms with van der Waals surface area (Å²) in [4.78, 5) is 31.3. The van der Waals surface area contributed by atoms with Gasteiger partial charge in [0.25, 0.3) is 0 Å². The van der Waals surface area contributed by atoms with Gasteiger partial charge in [-0.2, -0.15) is 0 Å². The Morgan fingerprint density at radius 1 is 1.10 bits per heavy atom. The number of nitrogens with zero attached hydrogens (tertiary/aromatic N) is 3. The summed E-state index contributed by atoms with van der Waals surface area (Å²) in [5.41, 5.74) is 3.60. The lowest BCUT2D eigenvalue weighted by atomic mass is 10.2. The summed E-state index contributed by atoms with van der Waals surface area (Å²) in [6.07, 6.45) is 1.88. The number of hydrogen-bond acceptors (Lipinski definition) is 3. The zero-order valence-electron chi connectivity index (χ0n) is 18.2. The molecular weight excluding hydrogens is 412 g/mol. The van der Waals surface area contributed by atoms with E-state index >= 15 is 0 Å². The van der Waals surface area contributed by atoms with Gasteiger partial charge >= 0.3 is 0 Å². The predicted molar refractivity (Wildman–Crippen MR) is 124 cm³/mol. The van der Waals surface area contributed by atoms with E-state index < -0.39 is 0 Å². The summed E-state index contributed by atoms with van der Waals surface area (Å²) in [6.45, 7) is 7.97. The van der Waals surface area contributed by atoms with E-state index in [0.717, 1.165) is 16.8 Å². The lowest BCUT2D eigenvalue weighted by molar-refractivity contribution is -0.137. The number of carbonyl (C=O) groups excluding carboxylic acids is 2. The van der Waals surface area contributed by atoms with Crippen molar-refractivity contribution in [2.75, 3.05) is 18.4 Å². The van der Waals surface area contributed by atoms with Gasteiger partial charge in [-0.15, -0.1) is 0 Å². The van der Waals surface area contributed by atoms with Crippen molar-refractivity contribution in [1.29, 1.82) is 0 Å². The highest BCUT2D eigenvalue weighted by molar-refractivity contribution is 6.30. The van der Waals surface area contributed by atoms with Gasteiger partial charge in [0, 0.05) is 34.9 Å². The number of anilines is 1. The fourth-order valence-corrected chi connectivity index (χ4v) is 3.30. The summed E-state index contributed by atoms with van der Waals surface area (Å²) in [7, 11) is 0. The van der Waals surface area contributed by atoms with Gasteiger partial charge in [-0.25, -0.2) is 4.98 Å². The first kappa shape index (κ1) is 22.6. The molecule has 31 heavy (non-hydrogen) atoms. The number of nitrogens with one attached hydrogen (secondary N) is 1. The Hall–Kier alpha value is -3.12. The van der Waals surface area contributed by atoms with E-state index in [4.69, 9.17) is 11.6 Å². The SMILES string of the molecule is CCN(CC(=O)Nc1nc(-c2ccc(Cl)cc2)cn1-c1ccc(C)cc1)C(=O)C(C)C. The maximum atomic E-state index is 12.8. The summed E-state index contributed by atoms with van der Waals surface area (Å²) in [5.74, 6) is -0.121. The maximum absolute atomic E-state index is 12.8. The van der Waals surface area contributed by atoms with Crippen LogP contribution in [0.1, 0.15) is 26.3 Å². The molecule has 6 nitrogen and oxygen atoms in total. The number of aryl methyl sites for hydroxylation is 1. The molecule has 0 bridgehead atoms. The number of aromatic nitrogens is 2. The van der Waals surface area contributed by atoms with Crippen molar-refractivity contribution in [3.63, 3.8) is 0 Å². The molecule has 0 unspecified atom stereocenters. The summed E-state index contributed by atoms with van der Waals surface area (Å²) >= 11 is 6.01. The second-order valence-corrected chi connectivity index (χ2v) is 8.15. The zero-order valence-corrected chi connectivity index (χ0v) is 19.0. The smallest absolute Gasteiger partial charge is 0.246 e. The lowest BCUT2D eigenvalue weighted by Crippen LogP contribution is -2.40. The van der Waals surface area contributed by atoms with Crippen LogP contribution < -0.4 is 5.32 Å². The molecule has 0 saturated heterocycles. The number of halogens is 1. The molecule has 3 rings (SSSR count). The maximum Gasteiger partial charge on any atom is 0.246 e. The number of imidazole rings is 1. The number of benzene rings is 2. The van der Waals surface area contributed by atoms with Gasteiger partial charge in [0.15, 0.2) is 0 Å². The minimum absolute atomic E-state index is 0.0233. The van der Waals surface area contributed by atoms with Crippen LogP contribution in [0, 0.1) is 12.8 Å². The van der Waals surface area contributed by atoms with Crippen LogP contribution in [0.4, 0.5) is 5.95 Å². The monoisotopic (exact) mass is 438 g/mol. The van der Waals surface area contributed by atoms with Gasteiger partial charge in [0.05, 0.1) is 12.2 Å². The van der Waals surface area contributed by atoms with Crippen LogP contribution in [0.3, 0.4) is 0 Å². The van der Waals surface area contributed by atoms with Crippen molar-refractivity contribution in [3.8, 4) is 16.9 Å². The molecule has 0 saturated carbocycles. The van der Waals surface area contributed by atoms with Crippen LogP contribution in [-0.2, 0) is 9.59 Å². The first-order chi connectivity index (χ1) is 14.8. The Morgan fingerprint density at radius 3 is 2.32 bits per heavy atom. The molecule has 162 valence electrons. The fourth-order valence-electron chi connectivity index (χ4n) is 3.18. The van der Waals surface area contributed by atoms with Crippen LogP contribution >= 0.6 is 11.6 Å². The fraction of sp³-hybridized carbons (Fsp3) is 0.292. The predicted octanol–water partition coefficient (Wildman–Crippen LogP) is 4.94. The van der Waals surface area contributed by atoms with Crippen molar-refractivity contribution < 1.29 is 9.59 Å². The Balaban J connectivity index is 1.91. The summed E-state index contributed by atoms with van der Waals surface area (Å²) in [6, 6.07) is 15.3. The Labute approximate surface area is 187 Å². The van der Waals surface area contributed by atoms with Crippen LogP contribution in [0.5, 0.6) is 0 Å². The number of hydrogen-bond donors (Lipinski definition) is 1. The van der Waals surface area contributed by atoms with Gasteiger partial charge in [-0.1, -0.05) is 55.3 Å². The van der Waals surface area contributed by atoms with E-state index in [1.807, 2.05) is 74.9 Å². The van der Waals surface area contributed by atoms with Crippen LogP contribution in [0.15, 0.2) is 54.7 Å². The molecule has 0 atom stereocenters. The standard InChI is InChI=1S/C24H27ClN4O2/c1-5-28(23(31)16(2)3)15-22(30)27-24-26-21(18-8-10-19(25)11-9-18)14-29(24)20-12-6-17(4)7-13-20/h6-14,16H,5,15H2,1-4H3,(H,26,27,30). The molecule has 0 aliphatic carbocycles. The average Bonchev–Trinajstić information content (AvgIpc) is 3.16. The van der Waals surface area contributed by atoms with Gasteiger partial charge < -0.3 is 4.90 Å². The van der Waals surface area contributed by atoms with Crippen molar-refractivity contribution in [2.24, 2.45) is 5.92 Å². The molecular formula is C24H27ClN4O2. The molecule has 2 amide bonds. The highest BCUT2D eigenvalue weighted by Crippen LogP contribution is 2.25. The molecule has 0 spiro atoms. The highest BCUT2D eigenvalue weighted by atomic mass is 35.5. The van der Waals surface area contributed by atoms with Gasteiger partial charge in [0.2, 0.25) is 17.8 Å². The minimum atomic E-state index is -0.294. The number of amides is 2. The van der Waals surface area contributed by atoms with E-state index in [-0.39, 0.29) is 24.3 Å². The first-order valence-corrected chi connectivity index (χ1v) is 10.7. The van der Waals surface area contributed by atoms with Crippen molar-refractivity contribution in [3.05, 3.63) is 65.3 Å². The van der Waals surface area contributed by atoms with E-state index in [9.17, 15) is 9.59 Å². The summed E-state index contributed by atoms with van der Waals surface area (Å²) < 4.78 is 1.84. The average molecular weight is 439 g/mol. The van der Waals surface area contributed by atoms with Crippen molar-refractivity contribution in [2.45, 2.75) is 27.7 Å². The first-order valence-electron chi connectivity index (χ1n) is 10.3. The van der Waals surface area contributed by atoms with Crippen molar-refractivity contribution >= 4 is 29.4 Å². The van der Waals surface area contributed by atoms with E-state index in [1.165, 1.54) is 0 Å². The van der Waals surface area contributed by atoms with Crippen LogP contribution in [0.25, 0.3) is 16.9 Å². The molecule has 2 aromatic carbocycles. The largest absolute Gasteiger partial charge is 0.333 e. The second-order valence-electron chi connectivity index (χ2n) is 7.72. The molecule has 1 aromatic heterocycles. The third-order valence-corrected chi connectivity index (χ3v) is 5.18. The van der Waals surface area contributed by atoms with Gasteiger partial charge in [-0.05, 0) is 38.1 Å². The Morgan fingerprint density at radius 2 is 1.74 bits per heavy atom. The third kappa shape index (κ3) is 5.52. The van der Waals surface area contributed by atoms with Crippen LogP contribution in [-0.4, -0.2) is 39.4 Å². The van der Waals surface area contributed by atoms with Gasteiger partial charge in [0.1, 0.15) is 0 Å². The number of carbonyl (C=O) groups is 2. The number of likely N-dealkylation sites (N-methyl/N-ethyl adjacent to an activating group) is 1. The molecule has 0 aliphatic rings. The van der Waals surface area contributed by atoms with Crippen LogP contribution in [0.2, 0.25) is 5.02 Å². The highest BCUT2D eigenvalue weighted by Gasteiger charge is 2.20. The lowest BCUT2D eigenvalue weighted by Gasteiger charge is -2.22. The Kier molecular flexibility index (Phi) is 7.13. The van der Waals surface area contributed by atoms with E-state index in [0.29, 0.717) is 23.2 Å². The van der Waals surface area contributed by atoms with Gasteiger partial charge in [-0.3, -0.25) is 19.5 Å². The van der Waals surface area contributed by atoms with E-state index in [2.05, 4.69) is 10.3 Å². The van der Waals surface area contributed by atoms with Crippen molar-refractivity contribution in [1.82, 2.24) is 14.5 Å².